The third-order valence-corrected chi connectivity index (χ3v) is 1.75. The highest BCUT2D eigenvalue weighted by atomic mass is 16.1. The lowest BCUT2D eigenvalue weighted by atomic mass is 10.5. The third-order valence-electron chi connectivity index (χ3n) is 1.75. The Morgan fingerprint density at radius 3 is 2.18 bits per heavy atom. The van der Waals surface area contributed by atoms with Gasteiger partial charge in [0.15, 0.2) is 0 Å². The van der Waals surface area contributed by atoms with Gasteiger partial charge in [-0.1, -0.05) is 0 Å². The molecule has 0 spiro atoms. The van der Waals surface area contributed by atoms with Crippen LogP contribution in [0.1, 0.15) is 6.92 Å². The fourth-order valence-electron chi connectivity index (χ4n) is 1.04. The van der Waals surface area contributed by atoms with Crippen LogP contribution in [0.15, 0.2) is 4.79 Å². The van der Waals surface area contributed by atoms with Gasteiger partial charge in [0.1, 0.15) is 11.5 Å². The first-order valence-corrected chi connectivity index (χ1v) is 3.40. The van der Waals surface area contributed by atoms with E-state index in [-0.39, 0.29) is 11.2 Å². The second-order valence-corrected chi connectivity index (χ2v) is 2.34. The molecular formula is C6H12N4O. The van der Waals surface area contributed by atoms with Crippen LogP contribution in [0.2, 0.25) is 0 Å². The Bertz CT molecular complexity index is 322. The van der Waals surface area contributed by atoms with Gasteiger partial charge in [0.2, 0.25) is 0 Å². The first-order chi connectivity index (χ1) is 5.09. The molecule has 0 fully saturated rings. The molecule has 0 saturated heterocycles. The fraction of sp³-hybridized carbons (Fsp3) is 0.500. The molecule has 1 aromatic rings. The van der Waals surface area contributed by atoms with Crippen LogP contribution in [0, 0.1) is 0 Å². The molecule has 1 heterocycles. The van der Waals surface area contributed by atoms with Gasteiger partial charge < -0.3 is 11.5 Å². The molecule has 0 bridgehead atoms. The lowest BCUT2D eigenvalue weighted by Gasteiger charge is -2.02. The smallest absolute Gasteiger partial charge is 0.292 e. The van der Waals surface area contributed by atoms with Crippen molar-refractivity contribution in [2.45, 2.75) is 13.5 Å². The van der Waals surface area contributed by atoms with Crippen LogP contribution in [-0.2, 0) is 13.6 Å². The SMILES string of the molecule is CCn1c(=O)c(N)c(N)n1C. The van der Waals surface area contributed by atoms with Gasteiger partial charge in [-0.25, -0.2) is 4.68 Å². The van der Waals surface area contributed by atoms with Gasteiger partial charge in [-0.15, -0.1) is 0 Å². The van der Waals surface area contributed by atoms with Crippen molar-refractivity contribution in [3.8, 4) is 0 Å². The standard InChI is InChI=1S/C6H12N4O/c1-3-10-6(11)4(7)5(8)9(10)2/h3,7-8H2,1-2H3. The average molecular weight is 156 g/mol. The van der Waals surface area contributed by atoms with E-state index in [4.69, 9.17) is 11.5 Å². The van der Waals surface area contributed by atoms with Crippen LogP contribution < -0.4 is 17.0 Å². The Labute approximate surface area is 64.2 Å². The van der Waals surface area contributed by atoms with Gasteiger partial charge in [-0.3, -0.25) is 9.48 Å². The predicted octanol–water partition coefficient (Wildman–Crippen LogP) is -0.629. The number of nitrogen functional groups attached to an aromatic ring is 2. The van der Waals surface area contributed by atoms with Gasteiger partial charge in [-0.05, 0) is 6.92 Å². The average Bonchev–Trinajstić information content (AvgIpc) is 2.17. The first kappa shape index (κ1) is 7.71. The van der Waals surface area contributed by atoms with E-state index in [0.717, 1.165) is 0 Å². The molecule has 0 aliphatic carbocycles. The van der Waals surface area contributed by atoms with Gasteiger partial charge in [0.25, 0.3) is 5.56 Å². The molecule has 0 aromatic carbocycles. The Kier molecular flexibility index (Phi) is 1.64. The Hall–Kier alpha value is -1.39. The van der Waals surface area contributed by atoms with E-state index in [2.05, 4.69) is 0 Å². The monoisotopic (exact) mass is 156 g/mol. The maximum absolute atomic E-state index is 11.2. The van der Waals surface area contributed by atoms with Gasteiger partial charge >= 0.3 is 0 Å². The number of hydrogen-bond donors (Lipinski definition) is 2. The van der Waals surface area contributed by atoms with E-state index in [0.29, 0.717) is 12.4 Å². The molecule has 0 aliphatic rings. The second-order valence-electron chi connectivity index (χ2n) is 2.34. The Balaban J connectivity index is 3.49. The molecule has 0 atom stereocenters. The predicted molar refractivity (Wildman–Crippen MR) is 44.2 cm³/mol. The quantitative estimate of drug-likeness (QED) is 0.568. The van der Waals surface area contributed by atoms with E-state index < -0.39 is 0 Å². The number of nitrogens with two attached hydrogens (primary N) is 2. The maximum atomic E-state index is 11.2. The lowest BCUT2D eigenvalue weighted by molar-refractivity contribution is 0.525. The first-order valence-electron chi connectivity index (χ1n) is 3.40. The summed E-state index contributed by atoms with van der Waals surface area (Å²) >= 11 is 0. The summed E-state index contributed by atoms with van der Waals surface area (Å²) in [6.45, 7) is 2.44. The van der Waals surface area contributed by atoms with Crippen LogP contribution >= 0.6 is 0 Å². The molecule has 0 radical (unpaired) electrons. The van der Waals surface area contributed by atoms with Crippen molar-refractivity contribution in [2.75, 3.05) is 11.5 Å². The minimum Gasteiger partial charge on any atom is -0.391 e. The molecule has 5 heteroatoms. The minimum absolute atomic E-state index is 0.134. The molecule has 4 N–H and O–H groups in total. The molecule has 0 aliphatic heterocycles. The van der Waals surface area contributed by atoms with Crippen LogP contribution in [0.4, 0.5) is 11.5 Å². The summed E-state index contributed by atoms with van der Waals surface area (Å²) in [4.78, 5) is 11.2. The normalized spacial score (nSPS) is 10.4. The van der Waals surface area contributed by atoms with E-state index in [1.807, 2.05) is 6.92 Å². The van der Waals surface area contributed by atoms with Crippen molar-refractivity contribution in [1.29, 1.82) is 0 Å². The molecule has 62 valence electrons. The number of anilines is 2. The van der Waals surface area contributed by atoms with Crippen molar-refractivity contribution in [3.05, 3.63) is 10.4 Å². The molecule has 5 nitrogen and oxygen atoms in total. The van der Waals surface area contributed by atoms with Crippen molar-refractivity contribution < 1.29 is 0 Å². The highest BCUT2D eigenvalue weighted by Gasteiger charge is 2.09. The second kappa shape index (κ2) is 2.34. The summed E-state index contributed by atoms with van der Waals surface area (Å²) in [7, 11) is 1.70. The number of aromatic nitrogens is 2. The lowest BCUT2D eigenvalue weighted by Crippen LogP contribution is -2.21. The van der Waals surface area contributed by atoms with E-state index in [1.165, 1.54) is 4.68 Å². The zero-order valence-corrected chi connectivity index (χ0v) is 6.66. The largest absolute Gasteiger partial charge is 0.391 e. The number of nitrogens with zero attached hydrogens (tertiary/aromatic N) is 2. The van der Waals surface area contributed by atoms with Gasteiger partial charge in [0.05, 0.1) is 0 Å². The number of rotatable bonds is 1. The van der Waals surface area contributed by atoms with Crippen LogP contribution in [0.3, 0.4) is 0 Å². The molecule has 0 saturated carbocycles. The molecule has 1 aromatic heterocycles. The minimum atomic E-state index is -0.215. The summed E-state index contributed by atoms with van der Waals surface area (Å²) in [5.41, 5.74) is 10.8. The van der Waals surface area contributed by atoms with Crippen LogP contribution in [-0.4, -0.2) is 9.36 Å². The van der Waals surface area contributed by atoms with Crippen LogP contribution in [0.5, 0.6) is 0 Å². The van der Waals surface area contributed by atoms with E-state index in [9.17, 15) is 4.79 Å². The highest BCUT2D eigenvalue weighted by Crippen LogP contribution is 2.07. The Morgan fingerprint density at radius 2 is 2.00 bits per heavy atom. The molecule has 0 unspecified atom stereocenters. The summed E-state index contributed by atoms with van der Waals surface area (Å²) < 4.78 is 3.03. The highest BCUT2D eigenvalue weighted by molar-refractivity contribution is 5.57. The number of hydrogen-bond acceptors (Lipinski definition) is 3. The maximum Gasteiger partial charge on any atom is 0.292 e. The van der Waals surface area contributed by atoms with Crippen LogP contribution in [0.25, 0.3) is 0 Å². The fourth-order valence-corrected chi connectivity index (χ4v) is 1.04. The van der Waals surface area contributed by atoms with E-state index in [1.54, 1.807) is 11.7 Å². The zero-order valence-electron chi connectivity index (χ0n) is 6.66. The summed E-state index contributed by atoms with van der Waals surface area (Å²) in [6.07, 6.45) is 0. The topological polar surface area (TPSA) is 79.0 Å². The van der Waals surface area contributed by atoms with Crippen molar-refractivity contribution in [1.82, 2.24) is 9.36 Å². The summed E-state index contributed by atoms with van der Waals surface area (Å²) in [6, 6.07) is 0. The van der Waals surface area contributed by atoms with Crippen molar-refractivity contribution >= 4 is 11.5 Å². The zero-order chi connectivity index (χ0) is 8.59. The van der Waals surface area contributed by atoms with Gasteiger partial charge in [0, 0.05) is 13.6 Å². The third kappa shape index (κ3) is 0.886. The van der Waals surface area contributed by atoms with Crippen molar-refractivity contribution in [2.24, 2.45) is 7.05 Å². The van der Waals surface area contributed by atoms with E-state index >= 15 is 0 Å². The molecule has 0 amide bonds. The van der Waals surface area contributed by atoms with Gasteiger partial charge in [-0.2, -0.15) is 0 Å². The molecular weight excluding hydrogens is 144 g/mol. The summed E-state index contributed by atoms with van der Waals surface area (Å²) in [5, 5.41) is 0. The van der Waals surface area contributed by atoms with Crippen molar-refractivity contribution in [3.63, 3.8) is 0 Å². The summed E-state index contributed by atoms with van der Waals surface area (Å²) in [5.74, 6) is 0.330. The molecule has 11 heavy (non-hydrogen) atoms. The molecule has 1 rings (SSSR count). The Morgan fingerprint density at radius 1 is 1.45 bits per heavy atom.